The maximum absolute atomic E-state index is 13.4. The van der Waals surface area contributed by atoms with Crippen molar-refractivity contribution in [3.63, 3.8) is 0 Å². The molecule has 0 aliphatic rings. The smallest absolute Gasteiger partial charge is 0.261 e. The van der Waals surface area contributed by atoms with Gasteiger partial charge < -0.3 is 10.6 Å². The third kappa shape index (κ3) is 4.36. The number of thiophene rings is 1. The minimum atomic E-state index is -0.820. The second-order valence-corrected chi connectivity index (χ2v) is 5.43. The fourth-order valence-electron chi connectivity index (χ4n) is 1.76. The molecule has 0 aliphatic carbocycles. The molecule has 0 atom stereocenters. The highest BCUT2D eigenvalue weighted by atomic mass is 32.1. The third-order valence-corrected chi connectivity index (χ3v) is 3.71. The molecule has 2 N–H and O–H groups in total. The number of nitrogens with one attached hydrogen (secondary N) is 2. The van der Waals surface area contributed by atoms with Crippen molar-refractivity contribution in [2.24, 2.45) is 0 Å². The van der Waals surface area contributed by atoms with E-state index in [2.05, 4.69) is 10.6 Å². The van der Waals surface area contributed by atoms with Gasteiger partial charge in [-0.25, -0.2) is 8.78 Å². The van der Waals surface area contributed by atoms with Crippen LogP contribution in [0, 0.1) is 11.6 Å². The average Bonchev–Trinajstić information content (AvgIpc) is 3.02. The first-order chi connectivity index (χ1) is 10.6. The van der Waals surface area contributed by atoms with Crippen molar-refractivity contribution in [3.05, 3.63) is 52.2 Å². The van der Waals surface area contributed by atoms with Crippen molar-refractivity contribution in [2.45, 2.75) is 12.8 Å². The van der Waals surface area contributed by atoms with Crippen molar-refractivity contribution < 1.29 is 18.4 Å². The van der Waals surface area contributed by atoms with Gasteiger partial charge in [-0.3, -0.25) is 9.59 Å². The second kappa shape index (κ2) is 7.65. The van der Waals surface area contributed by atoms with Gasteiger partial charge in [0, 0.05) is 13.0 Å². The second-order valence-electron chi connectivity index (χ2n) is 4.48. The van der Waals surface area contributed by atoms with Crippen molar-refractivity contribution in [1.82, 2.24) is 5.32 Å². The summed E-state index contributed by atoms with van der Waals surface area (Å²) in [6.45, 7) is 0.309. The van der Waals surface area contributed by atoms with E-state index in [0.717, 1.165) is 12.1 Å². The predicted octanol–water partition coefficient (Wildman–Crippen LogP) is 3.18. The van der Waals surface area contributed by atoms with Crippen LogP contribution in [0.4, 0.5) is 14.5 Å². The first-order valence-corrected chi connectivity index (χ1v) is 7.51. The van der Waals surface area contributed by atoms with E-state index >= 15 is 0 Å². The molecule has 1 aromatic carbocycles. The Labute approximate surface area is 130 Å². The van der Waals surface area contributed by atoms with Gasteiger partial charge in [-0.05, 0) is 30.0 Å². The summed E-state index contributed by atoms with van der Waals surface area (Å²) in [5, 5.41) is 6.66. The summed E-state index contributed by atoms with van der Waals surface area (Å²) < 4.78 is 26.7. The number of amides is 2. The average molecular weight is 324 g/mol. The van der Waals surface area contributed by atoms with Crippen LogP contribution < -0.4 is 10.6 Å². The van der Waals surface area contributed by atoms with Crippen LogP contribution in [0.1, 0.15) is 22.5 Å². The molecule has 0 radical (unpaired) electrons. The molecule has 2 amide bonds. The fourth-order valence-corrected chi connectivity index (χ4v) is 2.40. The van der Waals surface area contributed by atoms with E-state index < -0.39 is 23.2 Å². The summed E-state index contributed by atoms with van der Waals surface area (Å²) in [6, 6.07) is 6.84. The number of carbonyl (C=O) groups excluding carboxylic acids is 2. The monoisotopic (exact) mass is 324 g/mol. The standard InChI is InChI=1S/C15H14F2N2O2S/c16-10-4-1-5-11(17)14(10)19-13(20)7-2-8-18-15(21)12-6-3-9-22-12/h1,3-6,9H,2,7-8H2,(H,18,21)(H,19,20). The molecule has 7 heteroatoms. The molecule has 1 heterocycles. The van der Waals surface area contributed by atoms with E-state index in [-0.39, 0.29) is 12.3 Å². The van der Waals surface area contributed by atoms with Gasteiger partial charge in [0.1, 0.15) is 17.3 Å². The number of hydrogen-bond donors (Lipinski definition) is 2. The maximum atomic E-state index is 13.4. The molecule has 2 rings (SSSR count). The van der Waals surface area contributed by atoms with Crippen LogP contribution in [0.2, 0.25) is 0 Å². The van der Waals surface area contributed by atoms with Crippen LogP contribution in [-0.2, 0) is 4.79 Å². The minimum absolute atomic E-state index is 0.0541. The molecule has 0 spiro atoms. The van der Waals surface area contributed by atoms with Crippen molar-refractivity contribution in [3.8, 4) is 0 Å². The molecular weight excluding hydrogens is 310 g/mol. The van der Waals surface area contributed by atoms with Crippen LogP contribution in [0.3, 0.4) is 0 Å². The molecular formula is C15H14F2N2O2S. The largest absolute Gasteiger partial charge is 0.351 e. The molecule has 116 valence electrons. The molecule has 0 unspecified atom stereocenters. The van der Waals surface area contributed by atoms with E-state index in [1.165, 1.54) is 17.4 Å². The van der Waals surface area contributed by atoms with Gasteiger partial charge in [-0.2, -0.15) is 0 Å². The quantitative estimate of drug-likeness (QED) is 0.802. The molecule has 2 aromatic rings. The van der Waals surface area contributed by atoms with Crippen molar-refractivity contribution in [1.29, 1.82) is 0 Å². The van der Waals surface area contributed by atoms with Gasteiger partial charge in [-0.15, -0.1) is 11.3 Å². The molecule has 0 saturated heterocycles. The number of benzene rings is 1. The maximum Gasteiger partial charge on any atom is 0.261 e. The highest BCUT2D eigenvalue weighted by Crippen LogP contribution is 2.18. The van der Waals surface area contributed by atoms with Crippen LogP contribution in [-0.4, -0.2) is 18.4 Å². The summed E-state index contributed by atoms with van der Waals surface area (Å²) in [7, 11) is 0. The van der Waals surface area contributed by atoms with Crippen LogP contribution in [0.5, 0.6) is 0 Å². The van der Waals surface area contributed by atoms with Gasteiger partial charge in [0.05, 0.1) is 4.88 Å². The zero-order valence-corrected chi connectivity index (χ0v) is 12.4. The SMILES string of the molecule is O=C(CCCNC(=O)c1cccs1)Nc1c(F)cccc1F. The summed E-state index contributed by atoms with van der Waals surface area (Å²) in [5.74, 6) is -2.34. The van der Waals surface area contributed by atoms with Gasteiger partial charge in [0.15, 0.2) is 0 Å². The highest BCUT2D eigenvalue weighted by molar-refractivity contribution is 7.12. The number of carbonyl (C=O) groups is 2. The van der Waals surface area contributed by atoms with E-state index in [1.807, 2.05) is 0 Å². The molecule has 0 fully saturated rings. The van der Waals surface area contributed by atoms with Gasteiger partial charge in [-0.1, -0.05) is 12.1 Å². The van der Waals surface area contributed by atoms with Crippen LogP contribution in [0.15, 0.2) is 35.7 Å². The Bertz CT molecular complexity index is 639. The number of anilines is 1. The van der Waals surface area contributed by atoms with E-state index in [4.69, 9.17) is 0 Å². The Morgan fingerprint density at radius 1 is 1.09 bits per heavy atom. The Balaban J connectivity index is 1.73. The number of rotatable bonds is 6. The number of para-hydroxylation sites is 1. The Morgan fingerprint density at radius 3 is 2.45 bits per heavy atom. The third-order valence-electron chi connectivity index (χ3n) is 2.84. The lowest BCUT2D eigenvalue weighted by molar-refractivity contribution is -0.116. The Kier molecular flexibility index (Phi) is 5.60. The van der Waals surface area contributed by atoms with Crippen LogP contribution >= 0.6 is 11.3 Å². The van der Waals surface area contributed by atoms with E-state index in [1.54, 1.807) is 17.5 Å². The summed E-state index contributed by atoms with van der Waals surface area (Å²) in [5.41, 5.74) is -0.449. The zero-order chi connectivity index (χ0) is 15.9. The molecule has 0 saturated carbocycles. The summed E-state index contributed by atoms with van der Waals surface area (Å²) in [6.07, 6.45) is 0.428. The molecule has 22 heavy (non-hydrogen) atoms. The van der Waals surface area contributed by atoms with E-state index in [9.17, 15) is 18.4 Å². The van der Waals surface area contributed by atoms with Crippen molar-refractivity contribution >= 4 is 28.8 Å². The predicted molar refractivity (Wildman–Crippen MR) is 80.9 cm³/mol. The highest BCUT2D eigenvalue weighted by Gasteiger charge is 2.12. The first kappa shape index (κ1) is 16.1. The van der Waals surface area contributed by atoms with Crippen LogP contribution in [0.25, 0.3) is 0 Å². The first-order valence-electron chi connectivity index (χ1n) is 6.63. The molecule has 4 nitrogen and oxygen atoms in total. The van der Waals surface area contributed by atoms with Gasteiger partial charge in [0.25, 0.3) is 5.91 Å². The van der Waals surface area contributed by atoms with Gasteiger partial charge >= 0.3 is 0 Å². The fraction of sp³-hybridized carbons (Fsp3) is 0.200. The van der Waals surface area contributed by atoms with Crippen molar-refractivity contribution in [2.75, 3.05) is 11.9 Å². The topological polar surface area (TPSA) is 58.2 Å². The number of hydrogen-bond acceptors (Lipinski definition) is 3. The van der Waals surface area contributed by atoms with Gasteiger partial charge in [0.2, 0.25) is 5.91 Å². The minimum Gasteiger partial charge on any atom is -0.351 e. The normalized spacial score (nSPS) is 10.3. The zero-order valence-electron chi connectivity index (χ0n) is 11.6. The lowest BCUT2D eigenvalue weighted by Crippen LogP contribution is -2.24. The summed E-state index contributed by atoms with van der Waals surface area (Å²) >= 11 is 1.33. The lowest BCUT2D eigenvalue weighted by atomic mass is 10.2. The Morgan fingerprint density at radius 2 is 1.82 bits per heavy atom. The van der Waals surface area contributed by atoms with E-state index in [0.29, 0.717) is 17.8 Å². The molecule has 1 aromatic heterocycles. The number of halogens is 2. The Hall–Kier alpha value is -2.28. The summed E-state index contributed by atoms with van der Waals surface area (Å²) in [4.78, 5) is 23.9. The molecule has 0 bridgehead atoms. The molecule has 0 aliphatic heterocycles. The lowest BCUT2D eigenvalue weighted by Gasteiger charge is -2.07.